The van der Waals surface area contributed by atoms with E-state index in [0.717, 1.165) is 6.42 Å². The minimum Gasteiger partial charge on any atom is -0.271 e. The molecule has 1 aromatic rings. The van der Waals surface area contributed by atoms with Crippen molar-refractivity contribution in [3.63, 3.8) is 0 Å². The van der Waals surface area contributed by atoms with Gasteiger partial charge in [-0.25, -0.2) is 0 Å². The molecule has 0 heterocycles. The number of nitrogens with two attached hydrogens (primary N) is 1. The predicted molar refractivity (Wildman–Crippen MR) is 86.4 cm³/mol. The Balaban J connectivity index is 2.08. The van der Waals surface area contributed by atoms with Crippen LogP contribution >= 0.6 is 0 Å². The number of hydrazine groups is 1. The highest BCUT2D eigenvalue weighted by Gasteiger charge is 2.66. The van der Waals surface area contributed by atoms with Crippen LogP contribution in [0.25, 0.3) is 0 Å². The van der Waals surface area contributed by atoms with Crippen molar-refractivity contribution in [2.75, 3.05) is 0 Å². The van der Waals surface area contributed by atoms with Gasteiger partial charge in [-0.05, 0) is 40.2 Å². The summed E-state index contributed by atoms with van der Waals surface area (Å²) in [5, 5.41) is 0. The van der Waals surface area contributed by atoms with Crippen molar-refractivity contribution in [2.45, 2.75) is 59.9 Å². The summed E-state index contributed by atoms with van der Waals surface area (Å²) in [4.78, 5) is 0. The van der Waals surface area contributed by atoms with Crippen molar-refractivity contribution in [3.05, 3.63) is 35.4 Å². The molecule has 0 spiro atoms. The van der Waals surface area contributed by atoms with Crippen molar-refractivity contribution in [1.29, 1.82) is 0 Å². The van der Waals surface area contributed by atoms with E-state index < -0.39 is 0 Å². The van der Waals surface area contributed by atoms with E-state index in [1.54, 1.807) is 0 Å². The molecule has 0 bridgehead atoms. The fourth-order valence-electron chi connectivity index (χ4n) is 3.82. The summed E-state index contributed by atoms with van der Waals surface area (Å²) in [7, 11) is 0. The van der Waals surface area contributed by atoms with E-state index in [0.29, 0.717) is 28.7 Å². The topological polar surface area (TPSA) is 38.0 Å². The van der Waals surface area contributed by atoms with Gasteiger partial charge >= 0.3 is 0 Å². The Kier molecular flexibility index (Phi) is 4.01. The zero-order valence-corrected chi connectivity index (χ0v) is 13.8. The van der Waals surface area contributed by atoms with Crippen molar-refractivity contribution < 1.29 is 0 Å². The van der Waals surface area contributed by atoms with Crippen LogP contribution in [0.15, 0.2) is 24.3 Å². The van der Waals surface area contributed by atoms with Crippen LogP contribution in [-0.2, 0) is 6.42 Å². The SMILES string of the molecule is CC(C)c1ccc(CC(NN)C2C(C)(C)C2(C)C)cc1. The molecule has 0 amide bonds. The number of hydrogen-bond acceptors (Lipinski definition) is 2. The molecule has 1 fully saturated rings. The molecule has 2 heteroatoms. The molecule has 112 valence electrons. The number of rotatable bonds is 5. The zero-order chi connectivity index (χ0) is 15.1. The standard InChI is InChI=1S/C18H30N2/c1-12(2)14-9-7-13(8-10-14)11-15(20-19)16-17(3,4)18(16,5)6/h7-10,12,15-16,20H,11,19H2,1-6H3. The molecule has 0 radical (unpaired) electrons. The van der Waals surface area contributed by atoms with Gasteiger partial charge in [0, 0.05) is 6.04 Å². The molecule has 1 atom stereocenters. The Hall–Kier alpha value is -0.860. The van der Waals surface area contributed by atoms with E-state index in [1.165, 1.54) is 11.1 Å². The Morgan fingerprint density at radius 1 is 1.05 bits per heavy atom. The van der Waals surface area contributed by atoms with Gasteiger partial charge in [0.2, 0.25) is 0 Å². The third kappa shape index (κ3) is 2.51. The van der Waals surface area contributed by atoms with Crippen molar-refractivity contribution >= 4 is 0 Å². The quantitative estimate of drug-likeness (QED) is 0.632. The second-order valence-electron chi connectivity index (χ2n) is 7.79. The summed E-state index contributed by atoms with van der Waals surface area (Å²) in [5.74, 6) is 7.05. The highest BCUT2D eigenvalue weighted by Crippen LogP contribution is 2.69. The largest absolute Gasteiger partial charge is 0.271 e. The Morgan fingerprint density at radius 3 is 1.90 bits per heavy atom. The lowest BCUT2D eigenvalue weighted by molar-refractivity contribution is 0.402. The Morgan fingerprint density at radius 2 is 1.55 bits per heavy atom. The monoisotopic (exact) mass is 274 g/mol. The van der Waals surface area contributed by atoms with Crippen LogP contribution in [-0.4, -0.2) is 6.04 Å². The van der Waals surface area contributed by atoms with Crippen LogP contribution in [0.1, 0.15) is 58.6 Å². The lowest BCUT2D eigenvalue weighted by Gasteiger charge is -2.19. The van der Waals surface area contributed by atoms with Gasteiger partial charge in [0.15, 0.2) is 0 Å². The molecule has 0 aromatic heterocycles. The minimum absolute atomic E-state index is 0.352. The summed E-state index contributed by atoms with van der Waals surface area (Å²) >= 11 is 0. The predicted octanol–water partition coefficient (Wildman–Crippen LogP) is 3.87. The number of nitrogens with one attached hydrogen (secondary N) is 1. The average Bonchev–Trinajstić information content (AvgIpc) is 2.78. The molecule has 1 aromatic carbocycles. The summed E-state index contributed by atoms with van der Waals surface area (Å²) < 4.78 is 0. The van der Waals surface area contributed by atoms with Crippen molar-refractivity contribution in [2.24, 2.45) is 22.6 Å². The first-order valence-electron chi connectivity index (χ1n) is 7.76. The maximum Gasteiger partial charge on any atom is 0.0289 e. The van der Waals surface area contributed by atoms with Crippen LogP contribution in [0, 0.1) is 16.7 Å². The first kappa shape index (κ1) is 15.5. The van der Waals surface area contributed by atoms with Gasteiger partial charge in [0.1, 0.15) is 0 Å². The van der Waals surface area contributed by atoms with Gasteiger partial charge in [-0.2, -0.15) is 0 Å². The normalized spacial score (nSPS) is 22.0. The van der Waals surface area contributed by atoms with E-state index in [2.05, 4.69) is 71.2 Å². The molecule has 1 unspecified atom stereocenters. The van der Waals surface area contributed by atoms with Crippen molar-refractivity contribution in [3.8, 4) is 0 Å². The molecule has 1 aliphatic rings. The van der Waals surface area contributed by atoms with Gasteiger partial charge in [0.25, 0.3) is 0 Å². The molecule has 1 saturated carbocycles. The molecule has 0 aliphatic heterocycles. The second-order valence-corrected chi connectivity index (χ2v) is 7.79. The minimum atomic E-state index is 0.352. The molecular weight excluding hydrogens is 244 g/mol. The maximum atomic E-state index is 5.83. The van der Waals surface area contributed by atoms with Crippen LogP contribution in [0.4, 0.5) is 0 Å². The molecule has 2 nitrogen and oxygen atoms in total. The molecule has 0 saturated heterocycles. The maximum absolute atomic E-state index is 5.83. The third-order valence-corrected chi connectivity index (χ3v) is 5.85. The molecule has 3 N–H and O–H groups in total. The second kappa shape index (κ2) is 5.16. The van der Waals surface area contributed by atoms with E-state index in [1.807, 2.05) is 0 Å². The number of benzene rings is 1. The van der Waals surface area contributed by atoms with Crippen LogP contribution < -0.4 is 11.3 Å². The van der Waals surface area contributed by atoms with Gasteiger partial charge < -0.3 is 0 Å². The zero-order valence-electron chi connectivity index (χ0n) is 13.8. The molecular formula is C18H30N2. The summed E-state index contributed by atoms with van der Waals surface area (Å²) in [5.41, 5.74) is 6.56. The van der Waals surface area contributed by atoms with Gasteiger partial charge in [-0.15, -0.1) is 0 Å². The summed E-state index contributed by atoms with van der Waals surface area (Å²) in [6.07, 6.45) is 1.01. The fourth-order valence-corrected chi connectivity index (χ4v) is 3.82. The van der Waals surface area contributed by atoms with Crippen LogP contribution in [0.5, 0.6) is 0 Å². The molecule has 1 aliphatic carbocycles. The first-order chi connectivity index (χ1) is 9.21. The van der Waals surface area contributed by atoms with E-state index >= 15 is 0 Å². The Bertz CT molecular complexity index is 443. The smallest absolute Gasteiger partial charge is 0.0289 e. The van der Waals surface area contributed by atoms with Gasteiger partial charge in [-0.3, -0.25) is 11.3 Å². The summed E-state index contributed by atoms with van der Waals surface area (Å²) in [6.45, 7) is 13.9. The highest BCUT2D eigenvalue weighted by molar-refractivity contribution is 5.27. The average molecular weight is 274 g/mol. The van der Waals surface area contributed by atoms with Crippen molar-refractivity contribution in [1.82, 2.24) is 5.43 Å². The third-order valence-electron chi connectivity index (χ3n) is 5.85. The van der Waals surface area contributed by atoms with Gasteiger partial charge in [0.05, 0.1) is 0 Å². The molecule has 20 heavy (non-hydrogen) atoms. The van der Waals surface area contributed by atoms with E-state index in [-0.39, 0.29) is 0 Å². The van der Waals surface area contributed by atoms with E-state index in [9.17, 15) is 0 Å². The fraction of sp³-hybridized carbons (Fsp3) is 0.667. The van der Waals surface area contributed by atoms with Gasteiger partial charge in [-0.1, -0.05) is 65.8 Å². The molecule has 2 rings (SSSR count). The first-order valence-corrected chi connectivity index (χ1v) is 7.76. The van der Waals surface area contributed by atoms with Crippen LogP contribution in [0.2, 0.25) is 0 Å². The Labute approximate surface area is 124 Å². The summed E-state index contributed by atoms with van der Waals surface area (Å²) in [6, 6.07) is 9.35. The van der Waals surface area contributed by atoms with E-state index in [4.69, 9.17) is 5.84 Å². The lowest BCUT2D eigenvalue weighted by Crippen LogP contribution is -2.40. The highest BCUT2D eigenvalue weighted by atomic mass is 15.2. The lowest BCUT2D eigenvalue weighted by atomic mass is 9.95. The van der Waals surface area contributed by atoms with Crippen LogP contribution in [0.3, 0.4) is 0 Å². The number of hydrogen-bond donors (Lipinski definition) is 2.